The lowest BCUT2D eigenvalue weighted by Crippen LogP contribution is -2.24. The standard InChI is InChI=1S/C18H22N4O/c23-18(15-6-2-1-3-7-15)22-16-8-9-17(21-13-16)20-12-14-5-4-10-19-11-14/h4-5,8-11,13,15H,1-3,6-7,12H2,(H,20,21)(H,22,23). The lowest BCUT2D eigenvalue weighted by atomic mass is 9.88. The van der Waals surface area contributed by atoms with Gasteiger partial charge in [-0.15, -0.1) is 0 Å². The van der Waals surface area contributed by atoms with Gasteiger partial charge >= 0.3 is 0 Å². The molecular weight excluding hydrogens is 288 g/mol. The average molecular weight is 310 g/mol. The SMILES string of the molecule is O=C(Nc1ccc(NCc2cccnc2)nc1)C1CCCCC1. The second-order valence-corrected chi connectivity index (χ2v) is 5.97. The first-order valence-electron chi connectivity index (χ1n) is 8.21. The van der Waals surface area contributed by atoms with Crippen LogP contribution in [-0.2, 0) is 11.3 Å². The Hall–Kier alpha value is -2.43. The first-order valence-corrected chi connectivity index (χ1v) is 8.21. The number of carbonyl (C=O) groups excluding carboxylic acids is 1. The van der Waals surface area contributed by atoms with Crippen molar-refractivity contribution in [3.8, 4) is 0 Å². The lowest BCUT2D eigenvalue weighted by molar-refractivity contribution is -0.120. The molecule has 0 atom stereocenters. The van der Waals surface area contributed by atoms with E-state index in [0.29, 0.717) is 6.54 Å². The maximum Gasteiger partial charge on any atom is 0.227 e. The van der Waals surface area contributed by atoms with Gasteiger partial charge in [0.05, 0.1) is 11.9 Å². The molecule has 2 aromatic rings. The van der Waals surface area contributed by atoms with Gasteiger partial charge in [-0.2, -0.15) is 0 Å². The minimum atomic E-state index is 0.127. The number of amides is 1. The second-order valence-electron chi connectivity index (χ2n) is 5.97. The maximum absolute atomic E-state index is 12.2. The van der Waals surface area contributed by atoms with Crippen molar-refractivity contribution >= 4 is 17.4 Å². The first kappa shape index (κ1) is 15.5. The number of hydrogen-bond donors (Lipinski definition) is 2. The van der Waals surface area contributed by atoms with Gasteiger partial charge in [0.25, 0.3) is 0 Å². The minimum Gasteiger partial charge on any atom is -0.366 e. The third-order valence-corrected chi connectivity index (χ3v) is 4.20. The fourth-order valence-corrected chi connectivity index (χ4v) is 2.88. The highest BCUT2D eigenvalue weighted by Gasteiger charge is 2.20. The molecule has 1 aliphatic carbocycles. The van der Waals surface area contributed by atoms with Gasteiger partial charge in [0.1, 0.15) is 5.82 Å². The summed E-state index contributed by atoms with van der Waals surface area (Å²) in [4.78, 5) is 20.6. The zero-order valence-corrected chi connectivity index (χ0v) is 13.2. The molecule has 3 rings (SSSR count). The monoisotopic (exact) mass is 310 g/mol. The van der Waals surface area contributed by atoms with E-state index in [1.165, 1.54) is 6.42 Å². The normalized spacial score (nSPS) is 15.1. The summed E-state index contributed by atoms with van der Waals surface area (Å²) in [5.74, 6) is 1.07. The highest BCUT2D eigenvalue weighted by atomic mass is 16.1. The number of pyridine rings is 2. The number of hydrogen-bond acceptors (Lipinski definition) is 4. The Morgan fingerprint density at radius 2 is 2.00 bits per heavy atom. The van der Waals surface area contributed by atoms with E-state index < -0.39 is 0 Å². The molecule has 0 unspecified atom stereocenters. The van der Waals surface area contributed by atoms with Crippen LogP contribution in [0.25, 0.3) is 0 Å². The van der Waals surface area contributed by atoms with Gasteiger partial charge in [-0.05, 0) is 36.6 Å². The molecule has 0 aromatic carbocycles. The Morgan fingerprint density at radius 1 is 1.13 bits per heavy atom. The van der Waals surface area contributed by atoms with Gasteiger partial charge in [-0.1, -0.05) is 25.3 Å². The van der Waals surface area contributed by atoms with Crippen LogP contribution in [0.1, 0.15) is 37.7 Å². The summed E-state index contributed by atoms with van der Waals surface area (Å²) < 4.78 is 0. The van der Waals surface area contributed by atoms with Crippen molar-refractivity contribution in [2.75, 3.05) is 10.6 Å². The summed E-state index contributed by atoms with van der Waals surface area (Å²) in [7, 11) is 0. The van der Waals surface area contributed by atoms with E-state index in [1.807, 2.05) is 30.5 Å². The van der Waals surface area contributed by atoms with E-state index in [9.17, 15) is 4.79 Å². The van der Waals surface area contributed by atoms with Gasteiger partial charge < -0.3 is 10.6 Å². The van der Waals surface area contributed by atoms with Crippen molar-refractivity contribution in [2.24, 2.45) is 5.92 Å². The molecular formula is C18H22N4O. The first-order chi connectivity index (χ1) is 11.3. The summed E-state index contributed by atoms with van der Waals surface area (Å²) in [6.07, 6.45) is 10.9. The zero-order chi connectivity index (χ0) is 15.9. The van der Waals surface area contributed by atoms with Crippen molar-refractivity contribution < 1.29 is 4.79 Å². The van der Waals surface area contributed by atoms with E-state index in [0.717, 1.165) is 42.8 Å². The summed E-state index contributed by atoms with van der Waals surface area (Å²) in [5, 5.41) is 6.21. The number of anilines is 2. The minimum absolute atomic E-state index is 0.127. The van der Waals surface area contributed by atoms with Crippen molar-refractivity contribution in [3.05, 3.63) is 48.4 Å². The van der Waals surface area contributed by atoms with Gasteiger partial charge in [-0.3, -0.25) is 9.78 Å². The number of rotatable bonds is 5. The molecule has 1 aliphatic rings. The number of nitrogens with one attached hydrogen (secondary N) is 2. The molecule has 120 valence electrons. The molecule has 0 radical (unpaired) electrons. The average Bonchev–Trinajstić information content (AvgIpc) is 2.63. The van der Waals surface area contributed by atoms with Gasteiger partial charge in [0, 0.05) is 24.9 Å². The van der Waals surface area contributed by atoms with E-state index in [1.54, 1.807) is 12.4 Å². The Labute approximate surface area is 136 Å². The van der Waals surface area contributed by atoms with Crippen LogP contribution in [0.15, 0.2) is 42.9 Å². The summed E-state index contributed by atoms with van der Waals surface area (Å²) >= 11 is 0. The Kier molecular flexibility index (Phi) is 5.19. The lowest BCUT2D eigenvalue weighted by Gasteiger charge is -2.20. The van der Waals surface area contributed by atoms with Crippen molar-refractivity contribution in [1.29, 1.82) is 0 Å². The summed E-state index contributed by atoms with van der Waals surface area (Å²) in [6.45, 7) is 0.675. The van der Waals surface area contributed by atoms with Crippen LogP contribution < -0.4 is 10.6 Å². The maximum atomic E-state index is 12.2. The van der Waals surface area contributed by atoms with E-state index in [-0.39, 0.29) is 11.8 Å². The van der Waals surface area contributed by atoms with E-state index in [4.69, 9.17) is 0 Å². The molecule has 0 aliphatic heterocycles. The second kappa shape index (κ2) is 7.72. The number of carbonyl (C=O) groups is 1. The number of nitrogens with zero attached hydrogens (tertiary/aromatic N) is 2. The van der Waals surface area contributed by atoms with Gasteiger partial charge in [-0.25, -0.2) is 4.98 Å². The summed E-state index contributed by atoms with van der Waals surface area (Å²) in [5.41, 5.74) is 1.86. The smallest absolute Gasteiger partial charge is 0.227 e. The molecule has 0 spiro atoms. The molecule has 2 N–H and O–H groups in total. The summed E-state index contributed by atoms with van der Waals surface area (Å²) in [6, 6.07) is 7.69. The van der Waals surface area contributed by atoms with Crippen LogP contribution in [0.3, 0.4) is 0 Å². The highest BCUT2D eigenvalue weighted by molar-refractivity contribution is 5.92. The van der Waals surface area contributed by atoms with Gasteiger partial charge in [0.15, 0.2) is 0 Å². The van der Waals surface area contributed by atoms with E-state index in [2.05, 4.69) is 20.6 Å². The third kappa shape index (κ3) is 4.52. The molecule has 5 nitrogen and oxygen atoms in total. The van der Waals surface area contributed by atoms with E-state index >= 15 is 0 Å². The molecule has 0 saturated heterocycles. The topological polar surface area (TPSA) is 66.9 Å². The fourth-order valence-electron chi connectivity index (χ4n) is 2.88. The third-order valence-electron chi connectivity index (χ3n) is 4.20. The quantitative estimate of drug-likeness (QED) is 0.885. The number of aromatic nitrogens is 2. The van der Waals surface area contributed by atoms with Crippen LogP contribution in [-0.4, -0.2) is 15.9 Å². The molecule has 2 aromatic heterocycles. The van der Waals surface area contributed by atoms with Crippen molar-refractivity contribution in [2.45, 2.75) is 38.6 Å². The largest absolute Gasteiger partial charge is 0.366 e. The molecule has 0 bridgehead atoms. The van der Waals surface area contributed by atoms with Crippen molar-refractivity contribution in [3.63, 3.8) is 0 Å². The Morgan fingerprint density at radius 3 is 2.70 bits per heavy atom. The van der Waals surface area contributed by atoms with Crippen LogP contribution in [0.4, 0.5) is 11.5 Å². The van der Waals surface area contributed by atoms with Crippen LogP contribution >= 0.6 is 0 Å². The molecule has 1 saturated carbocycles. The van der Waals surface area contributed by atoms with Crippen LogP contribution in [0.2, 0.25) is 0 Å². The Balaban J connectivity index is 1.51. The van der Waals surface area contributed by atoms with Crippen molar-refractivity contribution in [1.82, 2.24) is 9.97 Å². The highest BCUT2D eigenvalue weighted by Crippen LogP contribution is 2.25. The van der Waals surface area contributed by atoms with Crippen LogP contribution in [0.5, 0.6) is 0 Å². The molecule has 1 amide bonds. The predicted molar refractivity (Wildman–Crippen MR) is 91.0 cm³/mol. The molecule has 5 heteroatoms. The molecule has 23 heavy (non-hydrogen) atoms. The zero-order valence-electron chi connectivity index (χ0n) is 13.2. The van der Waals surface area contributed by atoms with Crippen LogP contribution in [0, 0.1) is 5.92 Å². The molecule has 2 heterocycles. The Bertz CT molecular complexity index is 621. The predicted octanol–water partition coefficient (Wildman–Crippen LogP) is 3.61. The fraction of sp³-hybridized carbons (Fsp3) is 0.389. The molecule has 1 fully saturated rings. The van der Waals surface area contributed by atoms with Gasteiger partial charge in [0.2, 0.25) is 5.91 Å².